The zero-order valence-electron chi connectivity index (χ0n) is 22.9. The van der Waals surface area contributed by atoms with E-state index in [2.05, 4.69) is 165 Å². The lowest BCUT2D eigenvalue weighted by molar-refractivity contribution is 0.410. The van der Waals surface area contributed by atoms with Gasteiger partial charge in [0, 0.05) is 37.9 Å². The molecular weight excluding hydrogens is 522 g/mol. The highest BCUT2D eigenvalue weighted by Gasteiger charge is 2.43. The molecule has 0 unspecified atom stereocenters. The maximum Gasteiger partial charge on any atom is 0.140 e. The monoisotopic (exact) mass is 555 g/mol. The van der Waals surface area contributed by atoms with Crippen molar-refractivity contribution in [3.8, 4) is 0 Å². The first-order valence-corrected chi connectivity index (χ1v) is 16.5. The molecule has 6 rings (SSSR count). The van der Waals surface area contributed by atoms with Gasteiger partial charge in [-0.2, -0.15) is 0 Å². The Labute approximate surface area is 242 Å². The second-order valence-corrected chi connectivity index (χ2v) is 14.5. The average Bonchev–Trinajstić information content (AvgIpc) is 3.67. The Morgan fingerprint density at radius 1 is 0.575 bits per heavy atom. The molecule has 5 radical (unpaired) electrons. The lowest BCUT2D eigenvalue weighted by Crippen LogP contribution is -2.35. The second kappa shape index (κ2) is 12.6. The van der Waals surface area contributed by atoms with Crippen molar-refractivity contribution < 1.29 is 0 Å². The van der Waals surface area contributed by atoms with Gasteiger partial charge in [-0.05, 0) is 54.3 Å². The van der Waals surface area contributed by atoms with Gasteiger partial charge in [0.15, 0.2) is 0 Å². The van der Waals surface area contributed by atoms with E-state index in [0.717, 1.165) is 5.57 Å². The average molecular weight is 556 g/mol. The number of nitrogens with zero attached hydrogens (tertiary/aromatic N) is 2. The number of benzene rings is 4. The first-order valence-electron chi connectivity index (χ1n) is 13.8. The molecule has 0 amide bonds. The molecule has 197 valence electrons. The topological polar surface area (TPSA) is 17.8 Å². The van der Waals surface area contributed by atoms with Crippen LogP contribution in [0.3, 0.4) is 0 Å². The van der Waals surface area contributed by atoms with Crippen LogP contribution in [-0.4, -0.2) is 9.55 Å². The number of imidazole rings is 1. The van der Waals surface area contributed by atoms with Gasteiger partial charge in [0.2, 0.25) is 0 Å². The van der Waals surface area contributed by atoms with Gasteiger partial charge >= 0.3 is 0 Å². The van der Waals surface area contributed by atoms with Crippen LogP contribution in [0.15, 0.2) is 134 Å². The summed E-state index contributed by atoms with van der Waals surface area (Å²) in [7, 11) is -1.52. The van der Waals surface area contributed by atoms with E-state index in [1.165, 1.54) is 32.8 Å². The number of hydrogen-bond donors (Lipinski definition) is 0. The molecule has 40 heavy (non-hydrogen) atoms. The Hall–Kier alpha value is -3.05. The normalized spacial score (nSPS) is 15.3. The Kier molecular flexibility index (Phi) is 8.57. The summed E-state index contributed by atoms with van der Waals surface area (Å²) in [6, 6.07) is 43.9. The quantitative estimate of drug-likeness (QED) is 0.185. The third-order valence-corrected chi connectivity index (χ3v) is 12.1. The van der Waals surface area contributed by atoms with Gasteiger partial charge in [0.25, 0.3) is 0 Å². The van der Waals surface area contributed by atoms with Crippen LogP contribution in [0.5, 0.6) is 0 Å². The molecule has 1 aliphatic carbocycles. The third-order valence-electron chi connectivity index (χ3n) is 7.22. The smallest absolute Gasteiger partial charge is 0.140 e. The molecule has 1 atom stereocenters. The van der Waals surface area contributed by atoms with Crippen LogP contribution in [0.2, 0.25) is 0 Å². The van der Waals surface area contributed by atoms with Crippen molar-refractivity contribution in [2.24, 2.45) is 5.92 Å². The lowest BCUT2D eigenvalue weighted by atomic mass is 9.88. The van der Waals surface area contributed by atoms with E-state index in [1.807, 2.05) is 6.20 Å². The van der Waals surface area contributed by atoms with E-state index in [0.29, 0.717) is 5.92 Å². The van der Waals surface area contributed by atoms with Crippen LogP contribution in [-0.2, 0) is 0 Å². The summed E-state index contributed by atoms with van der Waals surface area (Å²) >= 11 is 0. The minimum atomic E-state index is -0.818. The van der Waals surface area contributed by atoms with E-state index < -0.39 is 15.8 Å². The Bertz CT molecular complexity index is 1390. The fraction of sp³-hybridized carbons (Fsp3) is 0.111. The minimum absolute atomic E-state index is 0.164. The second-order valence-electron chi connectivity index (χ2n) is 10.2. The van der Waals surface area contributed by atoms with Crippen molar-refractivity contribution in [1.29, 1.82) is 0 Å². The number of hydrogen-bond acceptors (Lipinski definition) is 1. The first-order chi connectivity index (χ1) is 19.7. The van der Waals surface area contributed by atoms with Gasteiger partial charge in [0.05, 0.1) is 0 Å². The highest BCUT2D eigenvalue weighted by atomic mass is 31.1. The van der Waals surface area contributed by atoms with Crippen LogP contribution in [0, 0.1) is 36.8 Å². The maximum absolute atomic E-state index is 5.07. The van der Waals surface area contributed by atoms with Crippen molar-refractivity contribution in [1.82, 2.24) is 9.55 Å². The predicted molar refractivity (Wildman–Crippen MR) is 173 cm³/mol. The zero-order chi connectivity index (χ0) is 27.3. The van der Waals surface area contributed by atoms with Crippen molar-refractivity contribution in [3.63, 3.8) is 0 Å². The molecule has 0 bridgehead atoms. The molecule has 0 saturated heterocycles. The van der Waals surface area contributed by atoms with Gasteiger partial charge in [0.1, 0.15) is 5.57 Å². The molecule has 1 fully saturated rings. The van der Waals surface area contributed by atoms with E-state index >= 15 is 0 Å². The van der Waals surface area contributed by atoms with E-state index in [-0.39, 0.29) is 6.04 Å². The molecule has 0 N–H and O–H groups in total. The van der Waals surface area contributed by atoms with Gasteiger partial charge in [-0.1, -0.05) is 135 Å². The molecule has 1 aromatic heterocycles. The Balaban J connectivity index is 1.44. The Morgan fingerprint density at radius 3 is 1.48 bits per heavy atom. The van der Waals surface area contributed by atoms with Crippen LogP contribution >= 0.6 is 15.8 Å². The van der Waals surface area contributed by atoms with E-state index in [9.17, 15) is 0 Å². The molecule has 0 spiro atoms. The summed E-state index contributed by atoms with van der Waals surface area (Å²) in [5.74, 6) is 1.77. The SMILES string of the molecule is CC(C)[C@H]([C]1[CH][CH][CH][C]1P(c1ccccc1)c1ccccc1)n1ccnc1P(c1ccccc1)c1ccccc1. The number of rotatable bonds is 9. The summed E-state index contributed by atoms with van der Waals surface area (Å²) in [5.41, 5.74) is 2.57. The maximum atomic E-state index is 5.07. The summed E-state index contributed by atoms with van der Waals surface area (Å²) in [4.78, 5) is 5.07. The fourth-order valence-electron chi connectivity index (χ4n) is 5.52. The van der Waals surface area contributed by atoms with Gasteiger partial charge in [-0.3, -0.25) is 0 Å². The van der Waals surface area contributed by atoms with Crippen molar-refractivity contribution >= 4 is 42.6 Å². The van der Waals surface area contributed by atoms with Crippen LogP contribution < -0.4 is 26.8 Å². The zero-order valence-corrected chi connectivity index (χ0v) is 24.7. The van der Waals surface area contributed by atoms with E-state index in [4.69, 9.17) is 4.98 Å². The molecule has 1 heterocycles. The molecule has 5 aromatic rings. The summed E-state index contributed by atoms with van der Waals surface area (Å²) in [6.45, 7) is 4.68. The number of aromatic nitrogens is 2. The van der Waals surface area contributed by atoms with Crippen LogP contribution in [0.1, 0.15) is 19.9 Å². The van der Waals surface area contributed by atoms with Crippen molar-refractivity contribution in [3.05, 3.63) is 165 Å². The predicted octanol–water partition coefficient (Wildman–Crippen LogP) is 6.70. The molecule has 4 aromatic carbocycles. The highest BCUT2D eigenvalue weighted by molar-refractivity contribution is 7.79. The van der Waals surface area contributed by atoms with Crippen LogP contribution in [0.25, 0.3) is 0 Å². The molecule has 2 nitrogen and oxygen atoms in total. The molecule has 1 saturated carbocycles. The summed E-state index contributed by atoms with van der Waals surface area (Å²) in [6.07, 6.45) is 11.1. The fourth-order valence-corrected chi connectivity index (χ4v) is 10.3. The summed E-state index contributed by atoms with van der Waals surface area (Å²) in [5, 5.41) is 5.38. The first kappa shape index (κ1) is 27.1. The van der Waals surface area contributed by atoms with Gasteiger partial charge in [-0.25, -0.2) is 4.98 Å². The van der Waals surface area contributed by atoms with Gasteiger partial charge < -0.3 is 4.57 Å². The highest BCUT2D eigenvalue weighted by Crippen LogP contribution is 2.59. The molecule has 0 aliphatic heterocycles. The third kappa shape index (κ3) is 5.58. The lowest BCUT2D eigenvalue weighted by Gasteiger charge is -2.37. The summed E-state index contributed by atoms with van der Waals surface area (Å²) < 4.78 is 2.47. The largest absolute Gasteiger partial charge is 0.327 e. The van der Waals surface area contributed by atoms with E-state index in [1.54, 1.807) is 0 Å². The minimum Gasteiger partial charge on any atom is -0.327 e. The van der Waals surface area contributed by atoms with Gasteiger partial charge in [-0.15, -0.1) is 0 Å². The Morgan fingerprint density at radius 2 is 1.02 bits per heavy atom. The molecule has 1 aliphatic rings. The standard InChI is InChI=1S/C36H33N2P2/c1-28(2)35(33-24-15-25-34(33)39(29-16-7-3-8-17-29)30-18-9-4-10-19-30)38-27-26-37-36(38)40(31-20-11-5-12-21-31)32-22-13-6-14-23-32/h3-28,35H,1-2H3/t35-/m1/s1. The van der Waals surface area contributed by atoms with Crippen molar-refractivity contribution in [2.45, 2.75) is 19.9 Å². The molecule has 4 heteroatoms. The van der Waals surface area contributed by atoms with Crippen molar-refractivity contribution in [2.75, 3.05) is 0 Å². The van der Waals surface area contributed by atoms with Crippen LogP contribution in [0.4, 0.5) is 0 Å². The molecular formula is C36H33N2P2.